The third-order valence-electron chi connectivity index (χ3n) is 4.79. The fourth-order valence-corrected chi connectivity index (χ4v) is 4.40. The summed E-state index contributed by atoms with van der Waals surface area (Å²) in [6.45, 7) is 2.28. The van der Waals surface area contributed by atoms with Crippen LogP contribution in [0.4, 0.5) is 0 Å². The van der Waals surface area contributed by atoms with Crippen molar-refractivity contribution < 1.29 is 9.53 Å². The zero-order chi connectivity index (χ0) is 15.6. The van der Waals surface area contributed by atoms with Crippen LogP contribution in [0.2, 0.25) is 0 Å². The lowest BCUT2D eigenvalue weighted by Crippen LogP contribution is -2.42. The summed E-state index contributed by atoms with van der Waals surface area (Å²) in [6.07, 6.45) is 4.81. The van der Waals surface area contributed by atoms with E-state index in [0.717, 1.165) is 48.7 Å². The summed E-state index contributed by atoms with van der Waals surface area (Å²) in [5.41, 5.74) is 1.04. The predicted octanol–water partition coefficient (Wildman–Crippen LogP) is 3.42. The number of ether oxygens (including phenoxy) is 1. The third-order valence-corrected chi connectivity index (χ3v) is 5.73. The van der Waals surface area contributed by atoms with Gasteiger partial charge in [0.25, 0.3) is 0 Å². The first kappa shape index (κ1) is 14.7. The van der Waals surface area contributed by atoms with E-state index in [0.29, 0.717) is 12.5 Å². The van der Waals surface area contributed by atoms with Crippen LogP contribution >= 0.6 is 11.3 Å². The van der Waals surface area contributed by atoms with Gasteiger partial charge in [0.15, 0.2) is 0 Å². The molecule has 2 aliphatic rings. The topological polar surface area (TPSA) is 42.4 Å². The van der Waals surface area contributed by atoms with Gasteiger partial charge in [-0.3, -0.25) is 4.79 Å². The van der Waals surface area contributed by atoms with Gasteiger partial charge in [-0.25, -0.2) is 4.98 Å². The molecule has 0 aliphatic carbocycles. The zero-order valence-electron chi connectivity index (χ0n) is 13.0. The molecule has 0 radical (unpaired) electrons. The number of thiazole rings is 1. The highest BCUT2D eigenvalue weighted by Crippen LogP contribution is 2.36. The number of carbonyl (C=O) groups excluding carboxylic acids is 1. The van der Waals surface area contributed by atoms with E-state index in [2.05, 4.69) is 4.98 Å². The van der Waals surface area contributed by atoms with Gasteiger partial charge in [0.2, 0.25) is 5.91 Å². The molecule has 3 heterocycles. The van der Waals surface area contributed by atoms with Gasteiger partial charge in [0, 0.05) is 36.1 Å². The fraction of sp³-hybridized carbons (Fsp3) is 0.444. The highest BCUT2D eigenvalue weighted by atomic mass is 32.1. The van der Waals surface area contributed by atoms with E-state index < -0.39 is 0 Å². The number of para-hydroxylation sites is 1. The summed E-state index contributed by atoms with van der Waals surface area (Å²) < 4.78 is 5.69. The number of hydrogen-bond donors (Lipinski definition) is 0. The average Bonchev–Trinajstić information content (AvgIpc) is 3.15. The van der Waals surface area contributed by atoms with Gasteiger partial charge in [-0.2, -0.15) is 0 Å². The van der Waals surface area contributed by atoms with Gasteiger partial charge in [-0.05, 0) is 25.3 Å². The molecule has 5 heteroatoms. The monoisotopic (exact) mass is 328 g/mol. The van der Waals surface area contributed by atoms with E-state index in [1.807, 2.05) is 40.7 Å². The molecular weight excluding hydrogens is 308 g/mol. The molecular formula is C18H20N2O2S. The van der Waals surface area contributed by atoms with Crippen molar-refractivity contribution in [1.29, 1.82) is 0 Å². The smallest absolute Gasteiger partial charge is 0.230 e. The van der Waals surface area contributed by atoms with Crippen molar-refractivity contribution >= 4 is 17.2 Å². The molecule has 2 aromatic rings. The van der Waals surface area contributed by atoms with Crippen molar-refractivity contribution in [3.8, 4) is 5.75 Å². The number of hydrogen-bond acceptors (Lipinski definition) is 4. The number of fused-ring (bicyclic) bond motifs is 1. The zero-order valence-corrected chi connectivity index (χ0v) is 13.8. The van der Waals surface area contributed by atoms with Crippen LogP contribution in [-0.2, 0) is 4.79 Å². The van der Waals surface area contributed by atoms with Crippen LogP contribution in [0.3, 0.4) is 0 Å². The Morgan fingerprint density at radius 2 is 2.22 bits per heavy atom. The van der Waals surface area contributed by atoms with Crippen LogP contribution in [0, 0.1) is 0 Å². The molecule has 120 valence electrons. The quantitative estimate of drug-likeness (QED) is 0.848. The molecule has 0 saturated carbocycles. The maximum atomic E-state index is 13.1. The minimum absolute atomic E-state index is 0.0602. The summed E-state index contributed by atoms with van der Waals surface area (Å²) in [7, 11) is 0. The average molecular weight is 328 g/mol. The minimum Gasteiger partial charge on any atom is -0.493 e. The maximum absolute atomic E-state index is 13.1. The van der Waals surface area contributed by atoms with Crippen molar-refractivity contribution in [3.05, 3.63) is 46.4 Å². The van der Waals surface area contributed by atoms with Gasteiger partial charge in [0.1, 0.15) is 5.75 Å². The van der Waals surface area contributed by atoms with E-state index >= 15 is 0 Å². The Bertz CT molecular complexity index is 686. The number of benzene rings is 1. The van der Waals surface area contributed by atoms with Crippen LogP contribution in [0.1, 0.15) is 41.7 Å². The molecule has 23 heavy (non-hydrogen) atoms. The van der Waals surface area contributed by atoms with Crippen LogP contribution in [0.15, 0.2) is 35.8 Å². The number of likely N-dealkylation sites (tertiary alicyclic amines) is 1. The first-order valence-electron chi connectivity index (χ1n) is 8.23. The van der Waals surface area contributed by atoms with Gasteiger partial charge >= 0.3 is 0 Å². The van der Waals surface area contributed by atoms with Crippen molar-refractivity contribution in [1.82, 2.24) is 9.88 Å². The first-order valence-corrected chi connectivity index (χ1v) is 9.11. The van der Waals surface area contributed by atoms with Gasteiger partial charge in [0.05, 0.1) is 17.5 Å². The summed E-state index contributed by atoms with van der Waals surface area (Å²) in [5.74, 6) is 1.45. The van der Waals surface area contributed by atoms with E-state index in [4.69, 9.17) is 4.74 Å². The number of aromatic nitrogens is 1. The first-order chi connectivity index (χ1) is 11.3. The third kappa shape index (κ3) is 2.85. The Balaban J connectivity index is 1.53. The molecule has 4 nitrogen and oxygen atoms in total. The lowest BCUT2D eigenvalue weighted by Gasteiger charge is -2.35. The number of piperidine rings is 1. The number of carbonyl (C=O) groups is 1. The molecule has 0 N–H and O–H groups in total. The Labute approximate surface area is 140 Å². The molecule has 1 fully saturated rings. The summed E-state index contributed by atoms with van der Waals surface area (Å²) in [5, 5.41) is 3.18. The Morgan fingerprint density at radius 3 is 3.09 bits per heavy atom. The van der Waals surface area contributed by atoms with E-state index in [-0.39, 0.29) is 11.8 Å². The largest absolute Gasteiger partial charge is 0.493 e. The molecule has 1 saturated heterocycles. The predicted molar refractivity (Wildman–Crippen MR) is 90.0 cm³/mol. The molecule has 1 aromatic carbocycles. The second kappa shape index (κ2) is 6.32. The van der Waals surface area contributed by atoms with Crippen molar-refractivity contribution in [3.63, 3.8) is 0 Å². The van der Waals surface area contributed by atoms with Gasteiger partial charge < -0.3 is 9.64 Å². The van der Waals surface area contributed by atoms with Crippen LogP contribution in [-0.4, -0.2) is 35.5 Å². The molecule has 2 aliphatic heterocycles. The summed E-state index contributed by atoms with van der Waals surface area (Å²) >= 11 is 1.70. The van der Waals surface area contributed by atoms with Crippen molar-refractivity contribution in [2.24, 2.45) is 0 Å². The highest BCUT2D eigenvalue weighted by molar-refractivity contribution is 7.09. The Kier molecular flexibility index (Phi) is 4.04. The molecule has 1 aromatic heterocycles. The normalized spacial score (nSPS) is 23.9. The van der Waals surface area contributed by atoms with E-state index in [9.17, 15) is 4.79 Å². The fourth-order valence-electron chi connectivity index (χ4n) is 3.63. The standard InChI is InChI=1S/C18H20N2O2S/c21-18(15-7-10-22-16-6-2-1-5-14(15)16)20-9-3-4-13(12-20)17-19-8-11-23-17/h1-2,5-6,8,11,13,15H,3-4,7,9-10,12H2/t13-,15-/m0/s1. The minimum atomic E-state index is -0.0602. The van der Waals surface area contributed by atoms with Crippen molar-refractivity contribution in [2.75, 3.05) is 19.7 Å². The second-order valence-corrected chi connectivity index (χ2v) is 7.15. The van der Waals surface area contributed by atoms with Gasteiger partial charge in [-0.15, -0.1) is 11.3 Å². The summed E-state index contributed by atoms with van der Waals surface area (Å²) in [4.78, 5) is 19.6. The summed E-state index contributed by atoms with van der Waals surface area (Å²) in [6, 6.07) is 7.94. The van der Waals surface area contributed by atoms with E-state index in [1.54, 1.807) is 11.3 Å². The van der Waals surface area contributed by atoms with E-state index in [1.165, 1.54) is 0 Å². The number of amides is 1. The second-order valence-electron chi connectivity index (χ2n) is 6.22. The van der Waals surface area contributed by atoms with Crippen LogP contribution in [0.25, 0.3) is 0 Å². The number of nitrogens with zero attached hydrogens (tertiary/aromatic N) is 2. The lowest BCUT2D eigenvalue weighted by atomic mass is 9.90. The SMILES string of the molecule is O=C([C@H]1CCOc2ccccc21)N1CCC[C@H](c2nccs2)C1. The highest BCUT2D eigenvalue weighted by Gasteiger charge is 2.33. The van der Waals surface area contributed by atoms with Gasteiger partial charge in [-0.1, -0.05) is 18.2 Å². The molecule has 4 rings (SSSR count). The number of rotatable bonds is 2. The molecule has 2 atom stereocenters. The molecule has 0 unspecified atom stereocenters. The Morgan fingerprint density at radius 1 is 1.30 bits per heavy atom. The lowest BCUT2D eigenvalue weighted by molar-refractivity contribution is -0.134. The van der Waals surface area contributed by atoms with Crippen molar-refractivity contribution in [2.45, 2.75) is 31.1 Å². The molecule has 1 amide bonds. The van der Waals surface area contributed by atoms with Crippen LogP contribution in [0.5, 0.6) is 5.75 Å². The maximum Gasteiger partial charge on any atom is 0.230 e. The molecule has 0 bridgehead atoms. The Hall–Kier alpha value is -1.88. The van der Waals surface area contributed by atoms with Crippen LogP contribution < -0.4 is 4.74 Å². The molecule has 0 spiro atoms.